The van der Waals surface area contributed by atoms with E-state index in [1.165, 1.54) is 28.6 Å². The SMILES string of the molecule is CCCS(=O)(=O)Nc1ccc(N(C)C)c(CN(Cc2ccc(F)cc2)S(C)(=O)=O)c1. The van der Waals surface area contributed by atoms with Crippen molar-refractivity contribution in [3.05, 3.63) is 59.4 Å². The lowest BCUT2D eigenvalue weighted by Gasteiger charge is -2.25. The standard InChI is InChI=1S/C20H28FN3O4S2/c1-5-12-30(27,28)22-19-10-11-20(23(2)3)17(13-19)15-24(29(4,25)26)14-16-6-8-18(21)9-7-16/h6-11,13,22H,5,12,14-15H2,1-4H3. The molecule has 0 aliphatic carbocycles. The smallest absolute Gasteiger partial charge is 0.232 e. The molecule has 1 N–H and O–H groups in total. The Morgan fingerprint density at radius 3 is 2.13 bits per heavy atom. The number of nitrogens with zero attached hydrogens (tertiary/aromatic N) is 2. The minimum absolute atomic E-state index is 0.00219. The summed E-state index contributed by atoms with van der Waals surface area (Å²) in [6, 6.07) is 10.7. The Kier molecular flexibility index (Phi) is 7.84. The van der Waals surface area contributed by atoms with Crippen molar-refractivity contribution >= 4 is 31.4 Å². The van der Waals surface area contributed by atoms with Gasteiger partial charge in [0.1, 0.15) is 5.82 Å². The van der Waals surface area contributed by atoms with E-state index in [-0.39, 0.29) is 18.8 Å². The van der Waals surface area contributed by atoms with Crippen LogP contribution in [0.5, 0.6) is 0 Å². The molecule has 0 amide bonds. The summed E-state index contributed by atoms with van der Waals surface area (Å²) in [6.07, 6.45) is 1.59. The molecule has 30 heavy (non-hydrogen) atoms. The van der Waals surface area contributed by atoms with Crippen molar-refractivity contribution in [2.24, 2.45) is 0 Å². The maximum Gasteiger partial charge on any atom is 0.232 e. The van der Waals surface area contributed by atoms with E-state index in [9.17, 15) is 21.2 Å². The van der Waals surface area contributed by atoms with Gasteiger partial charge in [-0.3, -0.25) is 4.72 Å². The van der Waals surface area contributed by atoms with Crippen LogP contribution in [0.4, 0.5) is 15.8 Å². The number of benzene rings is 2. The summed E-state index contributed by atoms with van der Waals surface area (Å²) in [7, 11) is -3.42. The van der Waals surface area contributed by atoms with Gasteiger partial charge in [-0.25, -0.2) is 21.2 Å². The van der Waals surface area contributed by atoms with Crippen LogP contribution in [-0.2, 0) is 33.1 Å². The molecular formula is C20H28FN3O4S2. The number of halogens is 1. The van der Waals surface area contributed by atoms with E-state index >= 15 is 0 Å². The van der Waals surface area contributed by atoms with E-state index in [0.717, 1.165) is 11.9 Å². The lowest BCUT2D eigenvalue weighted by atomic mass is 10.1. The highest BCUT2D eigenvalue weighted by Crippen LogP contribution is 2.26. The average molecular weight is 458 g/mol. The van der Waals surface area contributed by atoms with Gasteiger partial charge in [-0.2, -0.15) is 4.31 Å². The fourth-order valence-corrected chi connectivity index (χ4v) is 4.87. The first-order valence-corrected chi connectivity index (χ1v) is 12.9. The van der Waals surface area contributed by atoms with Gasteiger partial charge in [0, 0.05) is 38.6 Å². The van der Waals surface area contributed by atoms with Crippen molar-refractivity contribution in [1.82, 2.24) is 4.31 Å². The molecule has 0 saturated heterocycles. The van der Waals surface area contributed by atoms with Gasteiger partial charge in [-0.05, 0) is 47.9 Å². The molecule has 10 heteroatoms. The molecule has 0 heterocycles. The minimum atomic E-state index is -3.59. The molecule has 0 aliphatic heterocycles. The normalized spacial score (nSPS) is 12.2. The lowest BCUT2D eigenvalue weighted by Crippen LogP contribution is -2.30. The van der Waals surface area contributed by atoms with Gasteiger partial charge >= 0.3 is 0 Å². The summed E-state index contributed by atoms with van der Waals surface area (Å²) in [4.78, 5) is 1.83. The first-order valence-electron chi connectivity index (χ1n) is 9.41. The fourth-order valence-electron chi connectivity index (χ4n) is 2.99. The van der Waals surface area contributed by atoms with Gasteiger partial charge in [-0.15, -0.1) is 0 Å². The molecule has 0 aromatic heterocycles. The Balaban J connectivity index is 2.39. The highest BCUT2D eigenvalue weighted by Gasteiger charge is 2.21. The third-order valence-electron chi connectivity index (χ3n) is 4.40. The quantitative estimate of drug-likeness (QED) is 0.593. The largest absolute Gasteiger partial charge is 0.377 e. The van der Waals surface area contributed by atoms with Crippen LogP contribution in [0.3, 0.4) is 0 Å². The van der Waals surface area contributed by atoms with Gasteiger partial charge in [0.2, 0.25) is 20.0 Å². The molecule has 0 aliphatic rings. The predicted molar refractivity (Wildman–Crippen MR) is 119 cm³/mol. The fraction of sp³-hybridized carbons (Fsp3) is 0.400. The molecule has 0 atom stereocenters. The van der Waals surface area contributed by atoms with Gasteiger partial charge in [0.25, 0.3) is 0 Å². The highest BCUT2D eigenvalue weighted by molar-refractivity contribution is 7.92. The summed E-state index contributed by atoms with van der Waals surface area (Å²) < 4.78 is 66.1. The van der Waals surface area contributed by atoms with Gasteiger partial charge in [0.15, 0.2) is 0 Å². The Morgan fingerprint density at radius 2 is 1.60 bits per heavy atom. The van der Waals surface area contributed by atoms with E-state index in [1.807, 2.05) is 19.0 Å². The Bertz CT molecular complexity index is 1070. The summed E-state index contributed by atoms with van der Waals surface area (Å²) >= 11 is 0. The van der Waals surface area contributed by atoms with Crippen LogP contribution in [0.1, 0.15) is 24.5 Å². The summed E-state index contributed by atoms with van der Waals surface area (Å²) in [5.74, 6) is -0.399. The Hall–Kier alpha value is -2.17. The second-order valence-corrected chi connectivity index (χ2v) is 11.1. The van der Waals surface area contributed by atoms with Crippen molar-refractivity contribution < 1.29 is 21.2 Å². The zero-order valence-electron chi connectivity index (χ0n) is 17.6. The molecular weight excluding hydrogens is 429 g/mol. The van der Waals surface area contributed by atoms with E-state index in [2.05, 4.69) is 4.72 Å². The summed E-state index contributed by atoms with van der Waals surface area (Å²) in [5.41, 5.74) is 2.43. The van der Waals surface area contributed by atoms with Gasteiger partial charge in [0.05, 0.1) is 12.0 Å². The zero-order chi connectivity index (χ0) is 22.5. The third kappa shape index (κ3) is 6.96. The number of rotatable bonds is 10. The number of sulfonamides is 2. The van der Waals surface area contributed by atoms with Crippen LogP contribution in [0, 0.1) is 5.82 Å². The lowest BCUT2D eigenvalue weighted by molar-refractivity contribution is 0.405. The van der Waals surface area contributed by atoms with Crippen molar-refractivity contribution in [3.8, 4) is 0 Å². The zero-order valence-corrected chi connectivity index (χ0v) is 19.2. The van der Waals surface area contributed by atoms with Crippen LogP contribution >= 0.6 is 0 Å². The van der Waals surface area contributed by atoms with E-state index < -0.39 is 25.9 Å². The number of hydrogen-bond acceptors (Lipinski definition) is 5. The summed E-state index contributed by atoms with van der Waals surface area (Å²) in [5, 5.41) is 0. The predicted octanol–water partition coefficient (Wildman–Crippen LogP) is 3.01. The highest BCUT2D eigenvalue weighted by atomic mass is 32.2. The van der Waals surface area contributed by atoms with Gasteiger partial charge in [-0.1, -0.05) is 19.1 Å². The number of nitrogens with one attached hydrogen (secondary N) is 1. The molecule has 166 valence electrons. The van der Waals surface area contributed by atoms with Crippen molar-refractivity contribution in [1.29, 1.82) is 0 Å². The van der Waals surface area contributed by atoms with E-state index in [0.29, 0.717) is 23.2 Å². The maximum atomic E-state index is 13.2. The minimum Gasteiger partial charge on any atom is -0.377 e. The van der Waals surface area contributed by atoms with Crippen molar-refractivity contribution in [3.63, 3.8) is 0 Å². The molecule has 0 radical (unpaired) electrons. The number of hydrogen-bond donors (Lipinski definition) is 1. The van der Waals surface area contributed by atoms with Gasteiger partial charge < -0.3 is 4.90 Å². The molecule has 0 bridgehead atoms. The second kappa shape index (κ2) is 9.76. The molecule has 0 fully saturated rings. The molecule has 0 saturated carbocycles. The van der Waals surface area contributed by atoms with E-state index in [4.69, 9.17) is 0 Å². The molecule has 7 nitrogen and oxygen atoms in total. The first-order chi connectivity index (χ1) is 13.9. The maximum absolute atomic E-state index is 13.2. The number of anilines is 2. The van der Waals surface area contributed by atoms with Crippen molar-refractivity contribution in [2.75, 3.05) is 35.7 Å². The van der Waals surface area contributed by atoms with Crippen LogP contribution in [-0.4, -0.2) is 47.2 Å². The first kappa shape index (κ1) is 24.1. The Labute approximate surface area is 178 Å². The molecule has 2 aromatic rings. The Morgan fingerprint density at radius 1 is 0.967 bits per heavy atom. The topological polar surface area (TPSA) is 86.8 Å². The summed E-state index contributed by atoms with van der Waals surface area (Å²) in [6.45, 7) is 1.88. The second-order valence-electron chi connectivity index (χ2n) is 7.32. The molecule has 0 spiro atoms. The van der Waals surface area contributed by atoms with Crippen LogP contribution in [0.2, 0.25) is 0 Å². The van der Waals surface area contributed by atoms with E-state index in [1.54, 1.807) is 25.1 Å². The van der Waals surface area contributed by atoms with Crippen molar-refractivity contribution in [2.45, 2.75) is 26.4 Å². The third-order valence-corrected chi connectivity index (χ3v) is 7.08. The molecule has 2 rings (SSSR count). The van der Waals surface area contributed by atoms with Crippen LogP contribution in [0.25, 0.3) is 0 Å². The monoisotopic (exact) mass is 457 g/mol. The van der Waals surface area contributed by atoms with Crippen LogP contribution in [0.15, 0.2) is 42.5 Å². The van der Waals surface area contributed by atoms with Crippen LogP contribution < -0.4 is 9.62 Å². The average Bonchev–Trinajstić information content (AvgIpc) is 2.61. The molecule has 0 unspecified atom stereocenters. The molecule has 2 aromatic carbocycles.